The molecule has 0 radical (unpaired) electrons. The highest BCUT2D eigenvalue weighted by Crippen LogP contribution is 2.28. The molecule has 4 amide bonds. The van der Waals surface area contributed by atoms with E-state index in [1.54, 1.807) is 15.9 Å². The topological polar surface area (TPSA) is 78.0 Å². The highest BCUT2D eigenvalue weighted by molar-refractivity contribution is 6.37. The van der Waals surface area contributed by atoms with Gasteiger partial charge in [-0.2, -0.15) is 0 Å². The lowest BCUT2D eigenvalue weighted by Gasteiger charge is -2.33. The number of piperazine rings is 1. The molecular weight excluding hydrogens is 322 g/mol. The maximum absolute atomic E-state index is 12.3. The van der Waals surface area contributed by atoms with Crippen molar-refractivity contribution in [3.63, 3.8) is 0 Å². The van der Waals surface area contributed by atoms with Crippen LogP contribution in [0.1, 0.15) is 20.7 Å². The monoisotopic (exact) mass is 335 g/mol. The average Bonchev–Trinajstić information content (AvgIpc) is 2.81. The van der Waals surface area contributed by atoms with Crippen molar-refractivity contribution in [1.82, 2.24) is 14.7 Å². The number of amides is 4. The Labute approximate surface area is 137 Å². The average molecular weight is 336 g/mol. The van der Waals surface area contributed by atoms with Crippen molar-refractivity contribution in [1.29, 1.82) is 0 Å². The maximum Gasteiger partial charge on any atom is 0.263 e. The summed E-state index contributed by atoms with van der Waals surface area (Å²) in [7, 11) is 0. The van der Waals surface area contributed by atoms with Crippen LogP contribution in [0.25, 0.3) is 0 Å². The molecule has 1 fully saturated rings. The van der Waals surface area contributed by atoms with Gasteiger partial charge in [0, 0.05) is 26.2 Å². The smallest absolute Gasteiger partial charge is 0.263 e. The number of imide groups is 1. The maximum atomic E-state index is 12.3. The number of hydrogen-bond acceptors (Lipinski definition) is 4. The first kappa shape index (κ1) is 15.5. The van der Waals surface area contributed by atoms with E-state index in [-0.39, 0.29) is 28.6 Å². The van der Waals surface area contributed by atoms with Gasteiger partial charge in [-0.25, -0.2) is 0 Å². The van der Waals surface area contributed by atoms with Crippen molar-refractivity contribution in [3.05, 3.63) is 34.3 Å². The van der Waals surface area contributed by atoms with Gasteiger partial charge in [-0.1, -0.05) is 17.7 Å². The molecular formula is C15H14ClN3O4. The second-order valence-corrected chi connectivity index (χ2v) is 5.79. The largest absolute Gasteiger partial charge is 0.342 e. The van der Waals surface area contributed by atoms with Gasteiger partial charge in [0.2, 0.25) is 12.3 Å². The van der Waals surface area contributed by atoms with Gasteiger partial charge in [0.05, 0.1) is 16.1 Å². The van der Waals surface area contributed by atoms with Crippen molar-refractivity contribution in [2.24, 2.45) is 0 Å². The lowest BCUT2D eigenvalue weighted by molar-refractivity contribution is -0.135. The van der Waals surface area contributed by atoms with Crippen LogP contribution in [-0.4, -0.2) is 71.6 Å². The van der Waals surface area contributed by atoms with Gasteiger partial charge in [-0.05, 0) is 12.1 Å². The fourth-order valence-corrected chi connectivity index (χ4v) is 3.00. The molecule has 0 saturated carbocycles. The number of benzene rings is 1. The Balaban J connectivity index is 1.71. The highest BCUT2D eigenvalue weighted by Gasteiger charge is 2.39. The first-order valence-electron chi connectivity index (χ1n) is 7.14. The molecule has 0 atom stereocenters. The second-order valence-electron chi connectivity index (χ2n) is 5.38. The van der Waals surface area contributed by atoms with Gasteiger partial charge in [0.1, 0.15) is 6.54 Å². The normalized spacial score (nSPS) is 17.5. The van der Waals surface area contributed by atoms with Gasteiger partial charge in [0.25, 0.3) is 11.8 Å². The molecule has 8 heteroatoms. The molecule has 0 bridgehead atoms. The third-order valence-electron chi connectivity index (χ3n) is 4.06. The van der Waals surface area contributed by atoms with Crippen molar-refractivity contribution >= 4 is 35.7 Å². The van der Waals surface area contributed by atoms with E-state index in [4.69, 9.17) is 11.6 Å². The molecule has 0 unspecified atom stereocenters. The minimum Gasteiger partial charge on any atom is -0.342 e. The van der Waals surface area contributed by atoms with E-state index < -0.39 is 11.8 Å². The second kappa shape index (κ2) is 6.00. The molecule has 1 aromatic rings. The first-order valence-corrected chi connectivity index (χ1v) is 7.52. The number of carbonyl (C=O) groups is 4. The molecule has 0 N–H and O–H groups in total. The molecule has 2 heterocycles. The molecule has 7 nitrogen and oxygen atoms in total. The van der Waals surface area contributed by atoms with E-state index in [0.29, 0.717) is 26.2 Å². The lowest BCUT2D eigenvalue weighted by Crippen LogP contribution is -2.51. The van der Waals surface area contributed by atoms with Crippen molar-refractivity contribution in [2.75, 3.05) is 32.7 Å². The van der Waals surface area contributed by atoms with Crippen LogP contribution in [0.2, 0.25) is 5.02 Å². The quantitative estimate of drug-likeness (QED) is 0.585. The Kier molecular flexibility index (Phi) is 4.04. The van der Waals surface area contributed by atoms with Crippen molar-refractivity contribution in [2.45, 2.75) is 0 Å². The molecule has 2 aliphatic heterocycles. The van der Waals surface area contributed by atoms with Gasteiger partial charge < -0.3 is 9.80 Å². The summed E-state index contributed by atoms with van der Waals surface area (Å²) < 4.78 is 0. The summed E-state index contributed by atoms with van der Waals surface area (Å²) in [5, 5.41) is 0.204. The molecule has 0 aromatic heterocycles. The van der Waals surface area contributed by atoms with E-state index in [9.17, 15) is 19.2 Å². The van der Waals surface area contributed by atoms with Gasteiger partial charge >= 0.3 is 0 Å². The Bertz CT molecular complexity index is 698. The van der Waals surface area contributed by atoms with E-state index in [1.807, 2.05) is 0 Å². The van der Waals surface area contributed by atoms with E-state index in [2.05, 4.69) is 0 Å². The molecule has 23 heavy (non-hydrogen) atoms. The fraction of sp³-hybridized carbons (Fsp3) is 0.333. The molecule has 1 saturated heterocycles. The molecule has 2 aliphatic rings. The molecule has 3 rings (SSSR count). The highest BCUT2D eigenvalue weighted by atomic mass is 35.5. The zero-order valence-electron chi connectivity index (χ0n) is 12.2. The van der Waals surface area contributed by atoms with E-state index >= 15 is 0 Å². The summed E-state index contributed by atoms with van der Waals surface area (Å²) in [5.41, 5.74) is 0.374. The summed E-state index contributed by atoms with van der Waals surface area (Å²) in [5.74, 6) is -1.37. The third kappa shape index (κ3) is 2.68. The van der Waals surface area contributed by atoms with Crippen LogP contribution in [0.15, 0.2) is 18.2 Å². The molecule has 0 spiro atoms. The number of halogens is 1. The fourth-order valence-electron chi connectivity index (χ4n) is 2.75. The minimum absolute atomic E-state index is 0.151. The number of carbonyl (C=O) groups excluding carboxylic acids is 4. The van der Waals surface area contributed by atoms with Crippen molar-refractivity contribution in [3.8, 4) is 0 Å². The standard InChI is InChI=1S/C15H14ClN3O4/c16-11-3-1-2-10-13(11)15(23)19(14(10)22)8-12(21)18-6-4-17(9-20)5-7-18/h1-3,9H,4-8H2. The summed E-state index contributed by atoms with van der Waals surface area (Å²) >= 11 is 5.98. The Morgan fingerprint density at radius 1 is 1.13 bits per heavy atom. The van der Waals surface area contributed by atoms with Gasteiger partial charge in [-0.3, -0.25) is 24.1 Å². The number of fused-ring (bicyclic) bond motifs is 1. The number of hydrogen-bond donors (Lipinski definition) is 0. The Morgan fingerprint density at radius 3 is 2.43 bits per heavy atom. The molecule has 1 aromatic carbocycles. The SMILES string of the molecule is O=CN1CCN(C(=O)CN2C(=O)c3cccc(Cl)c3C2=O)CC1. The van der Waals surface area contributed by atoms with Crippen LogP contribution in [0.3, 0.4) is 0 Å². The predicted octanol–water partition coefficient (Wildman–Crippen LogP) is 0.237. The van der Waals surface area contributed by atoms with E-state index in [1.165, 1.54) is 12.1 Å². The first-order chi connectivity index (χ1) is 11.0. The zero-order valence-corrected chi connectivity index (χ0v) is 13.0. The van der Waals surface area contributed by atoms with Crippen LogP contribution < -0.4 is 0 Å². The van der Waals surface area contributed by atoms with Crippen LogP contribution in [0.4, 0.5) is 0 Å². The number of rotatable bonds is 3. The van der Waals surface area contributed by atoms with Crippen LogP contribution in [0.5, 0.6) is 0 Å². The third-order valence-corrected chi connectivity index (χ3v) is 4.37. The minimum atomic E-state index is -0.546. The van der Waals surface area contributed by atoms with E-state index in [0.717, 1.165) is 11.3 Å². The number of nitrogens with zero attached hydrogens (tertiary/aromatic N) is 3. The molecule has 0 aliphatic carbocycles. The lowest BCUT2D eigenvalue weighted by atomic mass is 10.1. The summed E-state index contributed by atoms with van der Waals surface area (Å²) in [6.45, 7) is 1.36. The van der Waals surface area contributed by atoms with Crippen molar-refractivity contribution < 1.29 is 19.2 Å². The van der Waals surface area contributed by atoms with Gasteiger partial charge in [0.15, 0.2) is 0 Å². The Morgan fingerprint density at radius 2 is 1.83 bits per heavy atom. The summed E-state index contributed by atoms with van der Waals surface area (Å²) in [4.78, 5) is 51.7. The zero-order chi connectivity index (χ0) is 16.6. The van der Waals surface area contributed by atoms with Crippen LogP contribution >= 0.6 is 11.6 Å². The van der Waals surface area contributed by atoms with Gasteiger partial charge in [-0.15, -0.1) is 0 Å². The summed E-state index contributed by atoms with van der Waals surface area (Å²) in [6.07, 6.45) is 0.744. The van der Waals surface area contributed by atoms with Crippen LogP contribution in [0, 0.1) is 0 Å². The predicted molar refractivity (Wildman–Crippen MR) is 81.0 cm³/mol. The molecule has 120 valence electrons. The summed E-state index contributed by atoms with van der Waals surface area (Å²) in [6, 6.07) is 4.65. The van der Waals surface area contributed by atoms with Crippen LogP contribution in [-0.2, 0) is 9.59 Å². The Hall–Kier alpha value is -2.41.